The van der Waals surface area contributed by atoms with Crippen LogP contribution in [-0.2, 0) is 85.7 Å². The zero-order valence-corrected chi connectivity index (χ0v) is 66.4. The van der Waals surface area contributed by atoms with Crippen LogP contribution in [0.2, 0.25) is 26.2 Å². The summed E-state index contributed by atoms with van der Waals surface area (Å²) in [4.78, 5) is 0. The SMILES string of the molecule is C=C.CCc1cc2ccccc2[cH-]1.CCc1cc2ccccc2[cH-]1.C[Si](C)=[Zr+2].C[Si](C)=[Zr+2].Cc1cc2ccccc2[cH-]1.Cc1cc2ccccc2[cH-]1.Cl.Cl.Cl.Cl.[Cl-].[Cl-].[Zr+4].c1ccc(-c2cc3ccccc3[cH-]2)cc1.c1ccc(-c2cc3ccccc3[cH-]2)cc1. The van der Waals surface area contributed by atoms with Crippen LogP contribution < -0.4 is 24.8 Å². The van der Waals surface area contributed by atoms with Gasteiger partial charge in [-0.1, -0.05) is 160 Å². The Morgan fingerprint density at radius 1 is 0.315 bits per heavy atom. The first-order chi connectivity index (χ1) is 39.8. The van der Waals surface area contributed by atoms with Crippen molar-refractivity contribution in [3.8, 4) is 22.3 Å². The van der Waals surface area contributed by atoms with Crippen LogP contribution in [0.1, 0.15) is 36.1 Å². The molecule has 0 amide bonds. The Morgan fingerprint density at radius 2 is 0.517 bits per heavy atom. The molecule has 0 nitrogen and oxygen atoms in total. The fourth-order valence-corrected chi connectivity index (χ4v) is 9.35. The fourth-order valence-electron chi connectivity index (χ4n) is 9.35. The summed E-state index contributed by atoms with van der Waals surface area (Å²) in [5.41, 5.74) is 11.2. The van der Waals surface area contributed by atoms with Gasteiger partial charge in [0.25, 0.3) is 0 Å². The van der Waals surface area contributed by atoms with Gasteiger partial charge in [-0.3, -0.25) is 0 Å². The molecule has 0 aromatic heterocycles. The van der Waals surface area contributed by atoms with Crippen molar-refractivity contribution in [3.63, 3.8) is 0 Å². The smallest absolute Gasteiger partial charge is 1.00 e. The van der Waals surface area contributed by atoms with Crippen molar-refractivity contribution in [2.75, 3.05) is 0 Å². The molecule has 14 rings (SSSR count). The van der Waals surface area contributed by atoms with Crippen molar-refractivity contribution in [1.29, 1.82) is 0 Å². The Bertz CT molecular complexity index is 3670. The van der Waals surface area contributed by atoms with E-state index in [1.54, 1.807) is 46.7 Å². The quantitative estimate of drug-likeness (QED) is 0.0936. The van der Waals surface area contributed by atoms with Gasteiger partial charge in [-0.15, -0.1) is 294 Å². The third-order valence-corrected chi connectivity index (χ3v) is 13.1. The van der Waals surface area contributed by atoms with Gasteiger partial charge in [-0.25, -0.2) is 0 Å². The van der Waals surface area contributed by atoms with Crippen molar-refractivity contribution >= 4 is 125 Å². The third-order valence-electron chi connectivity index (χ3n) is 13.1. The number of benzene rings is 8. The van der Waals surface area contributed by atoms with Crippen LogP contribution >= 0.6 is 49.6 Å². The Labute approximate surface area is 618 Å². The first-order valence-electron chi connectivity index (χ1n) is 28.3. The van der Waals surface area contributed by atoms with Crippen molar-refractivity contribution < 1.29 is 97.7 Å². The second kappa shape index (κ2) is 47.8. The molecular weight excluding hydrogens is 1480 g/mol. The summed E-state index contributed by atoms with van der Waals surface area (Å²) in [7, 11) is 0. The normalized spacial score (nSPS) is 9.26. The topological polar surface area (TPSA) is 0 Å². The average molecular weight is 1560 g/mol. The van der Waals surface area contributed by atoms with E-state index >= 15 is 0 Å². The third kappa shape index (κ3) is 29.6. The molecule has 0 aliphatic rings. The van der Waals surface area contributed by atoms with Gasteiger partial charge in [-0.05, 0) is 12.8 Å². The fraction of sp³-hybridized carbons (Fsp3) is 0.128. The van der Waals surface area contributed by atoms with Gasteiger partial charge in [0.05, 0.1) is 0 Å². The van der Waals surface area contributed by atoms with Crippen molar-refractivity contribution in [1.82, 2.24) is 0 Å². The molecule has 0 atom stereocenters. The number of fused-ring (bicyclic) bond motifs is 6. The first-order valence-corrected chi connectivity index (χ1v) is 40.7. The van der Waals surface area contributed by atoms with E-state index in [1.165, 1.54) is 109 Å². The van der Waals surface area contributed by atoms with Gasteiger partial charge in [0.15, 0.2) is 0 Å². The van der Waals surface area contributed by atoms with E-state index in [9.17, 15) is 0 Å². The Hall–Kier alpha value is -4.02. The van der Waals surface area contributed by atoms with Crippen LogP contribution in [0.15, 0.2) is 292 Å². The van der Waals surface area contributed by atoms with Gasteiger partial charge in [0.1, 0.15) is 0 Å². The van der Waals surface area contributed by atoms with Gasteiger partial charge in [0.2, 0.25) is 0 Å². The zero-order chi connectivity index (χ0) is 58.6. The zero-order valence-electron chi connectivity index (χ0n) is 52.3. The average Bonchev–Trinajstić information content (AvgIpc) is 4.59. The van der Waals surface area contributed by atoms with Crippen LogP contribution in [0.3, 0.4) is 0 Å². The van der Waals surface area contributed by atoms with Crippen LogP contribution in [0.5, 0.6) is 0 Å². The Kier molecular flexibility index (Phi) is 46.8. The van der Waals surface area contributed by atoms with Gasteiger partial charge in [-0.2, -0.15) is 24.3 Å². The first kappa shape index (κ1) is 87.0. The van der Waals surface area contributed by atoms with Gasteiger partial charge < -0.3 is 24.8 Å². The monoisotopic (exact) mass is 1550 g/mol. The van der Waals surface area contributed by atoms with E-state index in [2.05, 4.69) is 334 Å². The van der Waals surface area contributed by atoms with E-state index in [-0.39, 0.29) is 112 Å². The summed E-state index contributed by atoms with van der Waals surface area (Å²) in [6.45, 7) is 23.9. The van der Waals surface area contributed by atoms with Crippen molar-refractivity contribution in [2.45, 2.75) is 66.7 Å². The molecule has 0 N–H and O–H groups in total. The largest absolute Gasteiger partial charge is 4.00 e. The summed E-state index contributed by atoms with van der Waals surface area (Å²) in [5, 5.41) is 16.1. The molecule has 14 aromatic rings. The number of aryl methyl sites for hydroxylation is 4. The van der Waals surface area contributed by atoms with Crippen molar-refractivity contribution in [3.05, 3.63) is 314 Å². The second-order valence-corrected chi connectivity index (χ2v) is 39.2. The van der Waals surface area contributed by atoms with E-state index in [0.29, 0.717) is 0 Å². The molecular formula is C78H82Cl6Si2Zr3. The molecule has 0 heterocycles. The molecule has 0 fully saturated rings. The van der Waals surface area contributed by atoms with Gasteiger partial charge in [0, 0.05) is 0 Å². The van der Waals surface area contributed by atoms with Crippen LogP contribution in [0.25, 0.3) is 86.9 Å². The molecule has 89 heavy (non-hydrogen) atoms. The Balaban J connectivity index is 0. The molecule has 0 bridgehead atoms. The minimum atomic E-state index is 0. The van der Waals surface area contributed by atoms with Crippen LogP contribution in [0.4, 0.5) is 0 Å². The maximum absolute atomic E-state index is 3.00. The summed E-state index contributed by atoms with van der Waals surface area (Å²) in [6, 6.07) is 98.6. The van der Waals surface area contributed by atoms with E-state index in [4.69, 9.17) is 0 Å². The van der Waals surface area contributed by atoms with E-state index in [1.807, 2.05) is 12.1 Å². The minimum absolute atomic E-state index is 0. The summed E-state index contributed by atoms with van der Waals surface area (Å²) in [5.74, 6) is 0. The van der Waals surface area contributed by atoms with Crippen molar-refractivity contribution in [2.24, 2.45) is 0 Å². The Morgan fingerprint density at radius 3 is 0.742 bits per heavy atom. The number of hydrogen-bond acceptors (Lipinski definition) is 0. The molecule has 0 radical (unpaired) electrons. The summed E-state index contributed by atoms with van der Waals surface area (Å²) < 4.78 is 0. The van der Waals surface area contributed by atoms with Crippen LogP contribution in [-0.4, -0.2) is 10.9 Å². The summed E-state index contributed by atoms with van der Waals surface area (Å²) in [6.07, 6.45) is 2.27. The number of hydrogen-bond donors (Lipinski definition) is 0. The molecule has 0 saturated carbocycles. The second-order valence-electron chi connectivity index (χ2n) is 20.5. The standard InChI is InChI=1S/2C15H11.2C11H11.2C10H9.2C2H6Si.C2H4.6ClH.3Zr/c2*1-2-6-12(7-3-1)15-10-13-8-4-5-9-14(13)11-15;2*1-2-9-7-10-5-3-4-6-11(10)8-9;2*1-8-6-9-4-2-3-5-10(9)7-8;2*1-3-2;1-2;;;;;;;;;/h2*1-11H;2*3-8H,2H2,1H3;2*2-7H,1H3;2*1-2H3;1-2H2;6*1H;;;/q6*-1;;;;;;;;;;2*+2;+4/p-2. The molecule has 0 spiro atoms. The predicted molar refractivity (Wildman–Crippen MR) is 392 cm³/mol. The summed E-state index contributed by atoms with van der Waals surface area (Å²) >= 11 is 3.48. The molecule has 11 heteroatoms. The maximum atomic E-state index is 3.00. The van der Waals surface area contributed by atoms with E-state index in [0.717, 1.165) is 12.8 Å². The molecule has 0 aliphatic heterocycles. The number of halogens is 6. The van der Waals surface area contributed by atoms with Gasteiger partial charge >= 0.3 is 110 Å². The molecule has 0 saturated heterocycles. The van der Waals surface area contributed by atoms with Crippen LogP contribution in [0, 0.1) is 13.8 Å². The van der Waals surface area contributed by atoms with E-state index < -0.39 is 0 Å². The molecule has 14 aromatic carbocycles. The minimum Gasteiger partial charge on any atom is -1.00 e. The molecule has 456 valence electrons. The predicted octanol–water partition coefficient (Wildman–Crippen LogP) is 18.5. The molecule has 0 unspecified atom stereocenters. The number of rotatable bonds is 4. The maximum Gasteiger partial charge on any atom is 4.00 e. The molecule has 0 aliphatic carbocycles.